The number of hydrogen-bond donors (Lipinski definition) is 0. The number of carbonyl (C=O) groups is 1. The fourth-order valence-electron chi connectivity index (χ4n) is 4.27. The Bertz CT molecular complexity index is 1050. The minimum absolute atomic E-state index is 0.0808. The molecule has 1 amide bonds. The molecule has 0 unspecified atom stereocenters. The molecule has 0 saturated carbocycles. The van der Waals surface area contributed by atoms with Gasteiger partial charge in [-0.15, -0.1) is 0 Å². The van der Waals surface area contributed by atoms with Gasteiger partial charge in [0.25, 0.3) is 5.91 Å². The Morgan fingerprint density at radius 2 is 1.77 bits per heavy atom. The number of amides is 1. The number of ether oxygens (including phenoxy) is 2. The SMILES string of the molecule is CCOc1cccc2c1cc(C(=O)N1CCN(CC)CC1)n2Cc1cccc(OC)c1. The van der Waals surface area contributed by atoms with E-state index in [1.165, 1.54) is 0 Å². The molecule has 0 atom stereocenters. The van der Waals surface area contributed by atoms with E-state index in [1.807, 2.05) is 48.2 Å². The van der Waals surface area contributed by atoms with E-state index in [0.717, 1.165) is 60.7 Å². The summed E-state index contributed by atoms with van der Waals surface area (Å²) >= 11 is 0. The molecule has 1 saturated heterocycles. The summed E-state index contributed by atoms with van der Waals surface area (Å²) in [7, 11) is 1.67. The van der Waals surface area contributed by atoms with Gasteiger partial charge in [-0.25, -0.2) is 0 Å². The van der Waals surface area contributed by atoms with E-state index in [9.17, 15) is 4.79 Å². The number of benzene rings is 2. The van der Waals surface area contributed by atoms with Gasteiger partial charge in [-0.05, 0) is 49.4 Å². The lowest BCUT2D eigenvalue weighted by atomic mass is 10.2. The fourth-order valence-corrected chi connectivity index (χ4v) is 4.27. The van der Waals surface area contributed by atoms with Crippen LogP contribution in [0.15, 0.2) is 48.5 Å². The van der Waals surface area contributed by atoms with Crippen LogP contribution >= 0.6 is 0 Å². The minimum Gasteiger partial charge on any atom is -0.497 e. The van der Waals surface area contributed by atoms with Crippen molar-refractivity contribution in [3.05, 3.63) is 59.8 Å². The van der Waals surface area contributed by atoms with E-state index in [-0.39, 0.29) is 5.91 Å². The monoisotopic (exact) mass is 421 g/mol. The van der Waals surface area contributed by atoms with Crippen molar-refractivity contribution in [3.63, 3.8) is 0 Å². The number of carbonyl (C=O) groups excluding carboxylic acids is 1. The number of aromatic nitrogens is 1. The molecular formula is C25H31N3O3. The van der Waals surface area contributed by atoms with Gasteiger partial charge >= 0.3 is 0 Å². The Labute approximate surface area is 184 Å². The maximum absolute atomic E-state index is 13.6. The van der Waals surface area contributed by atoms with Crippen LogP contribution in [0.25, 0.3) is 10.9 Å². The molecule has 3 aromatic rings. The second-order valence-electron chi connectivity index (χ2n) is 7.82. The molecule has 164 valence electrons. The van der Waals surface area contributed by atoms with Crippen molar-refractivity contribution >= 4 is 16.8 Å². The molecule has 2 aromatic carbocycles. The first kappa shape index (κ1) is 21.2. The first-order valence-corrected chi connectivity index (χ1v) is 11.0. The Morgan fingerprint density at radius 3 is 2.48 bits per heavy atom. The van der Waals surface area contributed by atoms with Crippen molar-refractivity contribution in [2.24, 2.45) is 0 Å². The molecule has 0 spiro atoms. The van der Waals surface area contributed by atoms with Crippen molar-refractivity contribution in [3.8, 4) is 11.5 Å². The molecule has 0 aliphatic carbocycles. The van der Waals surface area contributed by atoms with Crippen LogP contribution in [0.3, 0.4) is 0 Å². The molecule has 1 fully saturated rings. The lowest BCUT2D eigenvalue weighted by molar-refractivity contribution is 0.0633. The van der Waals surface area contributed by atoms with Crippen LogP contribution in [0.1, 0.15) is 29.9 Å². The van der Waals surface area contributed by atoms with E-state index in [2.05, 4.69) is 28.5 Å². The highest BCUT2D eigenvalue weighted by Crippen LogP contribution is 2.31. The number of likely N-dealkylation sites (N-methyl/N-ethyl adjacent to an activating group) is 1. The van der Waals surface area contributed by atoms with E-state index in [0.29, 0.717) is 18.8 Å². The summed E-state index contributed by atoms with van der Waals surface area (Å²) in [6.45, 7) is 9.69. The zero-order valence-corrected chi connectivity index (χ0v) is 18.6. The van der Waals surface area contributed by atoms with Crippen LogP contribution < -0.4 is 9.47 Å². The standard InChI is InChI=1S/C25H31N3O3/c1-4-26-12-14-27(15-13-26)25(29)23-17-21-22(10-7-11-24(21)31-5-2)28(23)18-19-8-6-9-20(16-19)30-3/h6-11,16-17H,4-5,12-15,18H2,1-3H3. The Morgan fingerprint density at radius 1 is 1.00 bits per heavy atom. The summed E-state index contributed by atoms with van der Waals surface area (Å²) in [5.41, 5.74) is 2.79. The average Bonchev–Trinajstić information content (AvgIpc) is 3.18. The van der Waals surface area contributed by atoms with E-state index >= 15 is 0 Å². The van der Waals surface area contributed by atoms with Crippen LogP contribution in [0.2, 0.25) is 0 Å². The highest BCUT2D eigenvalue weighted by molar-refractivity contribution is 6.00. The number of nitrogens with zero attached hydrogens (tertiary/aromatic N) is 3. The van der Waals surface area contributed by atoms with Crippen molar-refractivity contribution in [2.75, 3.05) is 46.4 Å². The lowest BCUT2D eigenvalue weighted by Crippen LogP contribution is -2.48. The predicted molar refractivity (Wildman–Crippen MR) is 123 cm³/mol. The molecule has 0 radical (unpaired) electrons. The van der Waals surface area contributed by atoms with Gasteiger partial charge in [-0.2, -0.15) is 0 Å². The van der Waals surface area contributed by atoms with E-state index in [1.54, 1.807) is 7.11 Å². The van der Waals surface area contributed by atoms with Crippen LogP contribution in [0, 0.1) is 0 Å². The van der Waals surface area contributed by atoms with Gasteiger partial charge in [0, 0.05) is 38.1 Å². The summed E-state index contributed by atoms with van der Waals surface area (Å²) in [5.74, 6) is 1.71. The Kier molecular flexibility index (Phi) is 6.47. The van der Waals surface area contributed by atoms with E-state index < -0.39 is 0 Å². The summed E-state index contributed by atoms with van der Waals surface area (Å²) in [5, 5.41) is 0.975. The third kappa shape index (κ3) is 4.39. The molecule has 6 nitrogen and oxygen atoms in total. The molecule has 1 aromatic heterocycles. The summed E-state index contributed by atoms with van der Waals surface area (Å²) in [4.78, 5) is 17.9. The van der Waals surface area contributed by atoms with Gasteiger partial charge in [0.2, 0.25) is 0 Å². The lowest BCUT2D eigenvalue weighted by Gasteiger charge is -2.34. The second kappa shape index (κ2) is 9.43. The maximum atomic E-state index is 13.6. The van der Waals surface area contributed by atoms with Crippen molar-refractivity contribution < 1.29 is 14.3 Å². The molecule has 0 N–H and O–H groups in total. The number of fused-ring (bicyclic) bond motifs is 1. The Hall–Kier alpha value is -2.99. The molecular weight excluding hydrogens is 390 g/mol. The second-order valence-corrected chi connectivity index (χ2v) is 7.82. The molecule has 31 heavy (non-hydrogen) atoms. The predicted octanol–water partition coefficient (Wildman–Crippen LogP) is 3.87. The first-order valence-electron chi connectivity index (χ1n) is 11.0. The van der Waals surface area contributed by atoms with Gasteiger partial charge in [-0.3, -0.25) is 4.79 Å². The third-order valence-corrected chi connectivity index (χ3v) is 6.01. The zero-order chi connectivity index (χ0) is 21.8. The van der Waals surface area contributed by atoms with Gasteiger partial charge < -0.3 is 23.8 Å². The van der Waals surface area contributed by atoms with E-state index in [4.69, 9.17) is 9.47 Å². The quantitative estimate of drug-likeness (QED) is 0.581. The van der Waals surface area contributed by atoms with Crippen LogP contribution in [0.5, 0.6) is 11.5 Å². The number of hydrogen-bond acceptors (Lipinski definition) is 4. The van der Waals surface area contributed by atoms with Gasteiger partial charge in [0.05, 0.1) is 19.2 Å². The Balaban J connectivity index is 1.74. The molecule has 1 aliphatic heterocycles. The maximum Gasteiger partial charge on any atom is 0.270 e. The normalized spacial score (nSPS) is 14.7. The van der Waals surface area contributed by atoms with Crippen LogP contribution in [-0.4, -0.2) is 66.7 Å². The number of methoxy groups -OCH3 is 1. The topological polar surface area (TPSA) is 46.9 Å². The van der Waals surface area contributed by atoms with Gasteiger partial charge in [-0.1, -0.05) is 25.1 Å². The molecule has 2 heterocycles. The van der Waals surface area contributed by atoms with Gasteiger partial charge in [0.15, 0.2) is 0 Å². The third-order valence-electron chi connectivity index (χ3n) is 6.01. The van der Waals surface area contributed by atoms with Crippen LogP contribution in [-0.2, 0) is 6.54 Å². The number of rotatable bonds is 7. The minimum atomic E-state index is 0.0808. The zero-order valence-electron chi connectivity index (χ0n) is 18.6. The fraction of sp³-hybridized carbons (Fsp3) is 0.400. The molecule has 1 aliphatic rings. The summed E-state index contributed by atoms with van der Waals surface area (Å²) in [6.07, 6.45) is 0. The van der Waals surface area contributed by atoms with Gasteiger partial charge in [0.1, 0.15) is 17.2 Å². The highest BCUT2D eigenvalue weighted by Gasteiger charge is 2.25. The van der Waals surface area contributed by atoms with Crippen molar-refractivity contribution in [1.82, 2.24) is 14.4 Å². The molecule has 4 rings (SSSR count). The molecule has 0 bridgehead atoms. The van der Waals surface area contributed by atoms with Crippen molar-refractivity contribution in [1.29, 1.82) is 0 Å². The molecule has 6 heteroatoms. The first-order chi connectivity index (χ1) is 15.1. The number of piperazine rings is 1. The largest absolute Gasteiger partial charge is 0.497 e. The smallest absolute Gasteiger partial charge is 0.270 e. The summed E-state index contributed by atoms with van der Waals surface area (Å²) in [6, 6.07) is 16.0. The van der Waals surface area contributed by atoms with Crippen LogP contribution in [0.4, 0.5) is 0 Å². The summed E-state index contributed by atoms with van der Waals surface area (Å²) < 4.78 is 13.4. The van der Waals surface area contributed by atoms with Crippen molar-refractivity contribution in [2.45, 2.75) is 20.4 Å². The highest BCUT2D eigenvalue weighted by atomic mass is 16.5. The average molecular weight is 422 g/mol.